The SMILES string of the molecule is CCNC(c1c(C)c(Br)cc(C)c1OC)C1CCCC1. The van der Waals surface area contributed by atoms with Crippen LogP contribution in [0.15, 0.2) is 10.5 Å². The largest absolute Gasteiger partial charge is 0.496 e. The first-order chi connectivity index (χ1) is 9.60. The molecule has 0 aliphatic heterocycles. The van der Waals surface area contributed by atoms with Gasteiger partial charge >= 0.3 is 0 Å². The van der Waals surface area contributed by atoms with E-state index in [1.54, 1.807) is 7.11 Å². The zero-order valence-corrected chi connectivity index (χ0v) is 14.6. The zero-order chi connectivity index (χ0) is 14.7. The molecule has 0 aromatic heterocycles. The quantitative estimate of drug-likeness (QED) is 0.822. The van der Waals surface area contributed by atoms with E-state index in [0.717, 1.165) is 18.2 Å². The number of rotatable bonds is 5. The molecule has 1 aliphatic rings. The molecule has 1 N–H and O–H groups in total. The molecule has 0 heterocycles. The van der Waals surface area contributed by atoms with Crippen LogP contribution in [0, 0.1) is 19.8 Å². The highest BCUT2D eigenvalue weighted by Crippen LogP contribution is 2.43. The van der Waals surface area contributed by atoms with Crippen LogP contribution >= 0.6 is 15.9 Å². The minimum absolute atomic E-state index is 0.411. The summed E-state index contributed by atoms with van der Waals surface area (Å²) in [4.78, 5) is 0. The number of halogens is 1. The van der Waals surface area contributed by atoms with Crippen LogP contribution in [0.25, 0.3) is 0 Å². The molecular weight excluding hydrogens is 314 g/mol. The summed E-state index contributed by atoms with van der Waals surface area (Å²) in [6, 6.07) is 2.57. The van der Waals surface area contributed by atoms with Crippen molar-refractivity contribution >= 4 is 15.9 Å². The summed E-state index contributed by atoms with van der Waals surface area (Å²) in [6.07, 6.45) is 5.37. The first-order valence-electron chi connectivity index (χ1n) is 7.67. The summed E-state index contributed by atoms with van der Waals surface area (Å²) in [5.74, 6) is 1.79. The van der Waals surface area contributed by atoms with Gasteiger partial charge in [-0.05, 0) is 56.3 Å². The summed E-state index contributed by atoms with van der Waals surface area (Å²) in [7, 11) is 1.79. The third-order valence-corrected chi connectivity index (χ3v) is 5.34. The van der Waals surface area contributed by atoms with Crippen molar-refractivity contribution in [2.45, 2.75) is 52.5 Å². The Hall–Kier alpha value is -0.540. The van der Waals surface area contributed by atoms with Crippen molar-refractivity contribution in [1.29, 1.82) is 0 Å². The lowest BCUT2D eigenvalue weighted by molar-refractivity contribution is 0.346. The Kier molecular flexibility index (Phi) is 5.50. The number of hydrogen-bond donors (Lipinski definition) is 1. The van der Waals surface area contributed by atoms with E-state index in [1.165, 1.54) is 46.8 Å². The minimum atomic E-state index is 0.411. The zero-order valence-electron chi connectivity index (χ0n) is 13.1. The van der Waals surface area contributed by atoms with E-state index < -0.39 is 0 Å². The lowest BCUT2D eigenvalue weighted by atomic mass is 9.87. The summed E-state index contributed by atoms with van der Waals surface area (Å²) >= 11 is 3.70. The Balaban J connectivity index is 2.50. The first-order valence-corrected chi connectivity index (χ1v) is 8.46. The molecule has 1 fully saturated rings. The molecule has 2 rings (SSSR count). The topological polar surface area (TPSA) is 21.3 Å². The van der Waals surface area contributed by atoms with Crippen molar-refractivity contribution in [1.82, 2.24) is 5.32 Å². The number of hydrogen-bond acceptors (Lipinski definition) is 2. The molecule has 1 saturated carbocycles. The van der Waals surface area contributed by atoms with E-state index in [0.29, 0.717) is 6.04 Å². The molecule has 0 amide bonds. The van der Waals surface area contributed by atoms with E-state index in [9.17, 15) is 0 Å². The highest BCUT2D eigenvalue weighted by atomic mass is 79.9. The van der Waals surface area contributed by atoms with Gasteiger partial charge in [0, 0.05) is 16.1 Å². The average Bonchev–Trinajstić information content (AvgIpc) is 2.94. The van der Waals surface area contributed by atoms with Crippen LogP contribution in [-0.4, -0.2) is 13.7 Å². The maximum Gasteiger partial charge on any atom is 0.126 e. The fraction of sp³-hybridized carbons (Fsp3) is 0.647. The molecule has 112 valence electrons. The molecule has 1 atom stereocenters. The third kappa shape index (κ3) is 3.04. The molecule has 1 aromatic rings. The molecule has 1 aliphatic carbocycles. The van der Waals surface area contributed by atoms with Gasteiger partial charge in [-0.1, -0.05) is 35.7 Å². The summed E-state index contributed by atoms with van der Waals surface area (Å²) in [6.45, 7) is 7.51. The van der Waals surface area contributed by atoms with Crippen LogP contribution in [0.1, 0.15) is 55.3 Å². The Morgan fingerprint density at radius 2 is 2.00 bits per heavy atom. The Bertz CT molecular complexity index is 467. The predicted molar refractivity (Wildman–Crippen MR) is 88.5 cm³/mol. The van der Waals surface area contributed by atoms with E-state index >= 15 is 0 Å². The van der Waals surface area contributed by atoms with Gasteiger partial charge in [-0.15, -0.1) is 0 Å². The van der Waals surface area contributed by atoms with Crippen molar-refractivity contribution in [2.24, 2.45) is 5.92 Å². The Morgan fingerprint density at radius 1 is 1.35 bits per heavy atom. The van der Waals surface area contributed by atoms with Gasteiger partial charge in [-0.2, -0.15) is 0 Å². The normalized spacial score (nSPS) is 17.4. The van der Waals surface area contributed by atoms with Crippen LogP contribution in [0.4, 0.5) is 0 Å². The van der Waals surface area contributed by atoms with Gasteiger partial charge < -0.3 is 10.1 Å². The first kappa shape index (κ1) is 15.8. The third-order valence-electron chi connectivity index (χ3n) is 4.52. The fourth-order valence-corrected chi connectivity index (χ4v) is 4.09. The molecule has 2 nitrogen and oxygen atoms in total. The second-order valence-corrected chi connectivity index (χ2v) is 6.68. The molecule has 1 aromatic carbocycles. The van der Waals surface area contributed by atoms with Gasteiger partial charge in [0.05, 0.1) is 7.11 Å². The van der Waals surface area contributed by atoms with Crippen molar-refractivity contribution < 1.29 is 4.74 Å². The molecule has 0 saturated heterocycles. The van der Waals surface area contributed by atoms with Crippen LogP contribution in [0.3, 0.4) is 0 Å². The fourth-order valence-electron chi connectivity index (χ4n) is 3.54. The van der Waals surface area contributed by atoms with Gasteiger partial charge in [-0.3, -0.25) is 0 Å². The van der Waals surface area contributed by atoms with E-state index in [4.69, 9.17) is 4.74 Å². The minimum Gasteiger partial charge on any atom is -0.496 e. The van der Waals surface area contributed by atoms with Crippen LogP contribution in [-0.2, 0) is 0 Å². The van der Waals surface area contributed by atoms with E-state index in [-0.39, 0.29) is 0 Å². The van der Waals surface area contributed by atoms with Gasteiger partial charge in [0.15, 0.2) is 0 Å². The Morgan fingerprint density at radius 3 is 2.55 bits per heavy atom. The van der Waals surface area contributed by atoms with Crippen LogP contribution in [0.2, 0.25) is 0 Å². The van der Waals surface area contributed by atoms with E-state index in [1.807, 2.05) is 0 Å². The van der Waals surface area contributed by atoms with E-state index in [2.05, 4.69) is 48.1 Å². The van der Waals surface area contributed by atoms with Crippen molar-refractivity contribution in [2.75, 3.05) is 13.7 Å². The van der Waals surface area contributed by atoms with Crippen LogP contribution in [0.5, 0.6) is 5.75 Å². The van der Waals surface area contributed by atoms with Crippen LogP contribution < -0.4 is 10.1 Å². The summed E-state index contributed by atoms with van der Waals surface area (Å²) in [5, 5.41) is 3.71. The second kappa shape index (κ2) is 6.95. The number of nitrogens with one attached hydrogen (secondary N) is 1. The molecule has 0 radical (unpaired) electrons. The van der Waals surface area contributed by atoms with Crippen molar-refractivity contribution in [3.63, 3.8) is 0 Å². The molecule has 0 bridgehead atoms. The molecule has 3 heteroatoms. The lowest BCUT2D eigenvalue weighted by Crippen LogP contribution is -2.28. The van der Waals surface area contributed by atoms with Crippen molar-refractivity contribution in [3.05, 3.63) is 27.2 Å². The summed E-state index contributed by atoms with van der Waals surface area (Å²) in [5.41, 5.74) is 3.87. The standard InChI is InChI=1S/C17H26BrNO/c1-5-19-16(13-8-6-7-9-13)15-12(3)14(18)10-11(2)17(15)20-4/h10,13,16,19H,5-9H2,1-4H3. The number of aryl methyl sites for hydroxylation is 1. The number of benzene rings is 1. The maximum atomic E-state index is 5.74. The lowest BCUT2D eigenvalue weighted by Gasteiger charge is -2.29. The predicted octanol–water partition coefficient (Wildman–Crippen LogP) is 4.92. The highest BCUT2D eigenvalue weighted by molar-refractivity contribution is 9.10. The molecule has 20 heavy (non-hydrogen) atoms. The molecule has 0 spiro atoms. The molecular formula is C17H26BrNO. The summed E-state index contributed by atoms with van der Waals surface area (Å²) < 4.78 is 6.92. The maximum absolute atomic E-state index is 5.74. The molecule has 1 unspecified atom stereocenters. The van der Waals surface area contributed by atoms with Gasteiger partial charge in [-0.25, -0.2) is 0 Å². The smallest absolute Gasteiger partial charge is 0.126 e. The average molecular weight is 340 g/mol. The van der Waals surface area contributed by atoms with Gasteiger partial charge in [0.1, 0.15) is 5.75 Å². The number of ether oxygens (including phenoxy) is 1. The number of methoxy groups -OCH3 is 1. The van der Waals surface area contributed by atoms with Gasteiger partial charge in [0.2, 0.25) is 0 Å². The van der Waals surface area contributed by atoms with Crippen molar-refractivity contribution in [3.8, 4) is 5.75 Å². The second-order valence-electron chi connectivity index (χ2n) is 5.83. The Labute approximate surface area is 131 Å². The highest BCUT2D eigenvalue weighted by Gasteiger charge is 2.30. The monoisotopic (exact) mass is 339 g/mol. The van der Waals surface area contributed by atoms with Gasteiger partial charge in [0.25, 0.3) is 0 Å².